The van der Waals surface area contributed by atoms with E-state index in [1.165, 1.54) is 5.56 Å². The Morgan fingerprint density at radius 2 is 1.78 bits per heavy atom. The number of aryl methyl sites for hydroxylation is 1. The maximum Gasteiger partial charge on any atom is 0.226 e. The lowest BCUT2D eigenvalue weighted by molar-refractivity contribution is -0.136. The summed E-state index contributed by atoms with van der Waals surface area (Å²) in [6, 6.07) is 16.6. The number of carbonyl (C=O) groups excluding carboxylic acids is 1. The van der Waals surface area contributed by atoms with E-state index in [0.717, 1.165) is 42.6 Å². The maximum atomic E-state index is 13.3. The van der Waals surface area contributed by atoms with Crippen molar-refractivity contribution in [2.75, 3.05) is 7.11 Å². The predicted octanol–water partition coefficient (Wildman–Crippen LogP) is 3.91. The van der Waals surface area contributed by atoms with Gasteiger partial charge in [0.1, 0.15) is 5.75 Å². The molecule has 0 bridgehead atoms. The zero-order chi connectivity index (χ0) is 19.2. The van der Waals surface area contributed by atoms with E-state index in [9.17, 15) is 4.79 Å². The van der Waals surface area contributed by atoms with Crippen molar-refractivity contribution in [3.8, 4) is 5.75 Å². The van der Waals surface area contributed by atoms with Gasteiger partial charge in [0.25, 0.3) is 0 Å². The molecule has 0 heterocycles. The van der Waals surface area contributed by atoms with Crippen molar-refractivity contribution in [1.82, 2.24) is 4.90 Å². The molecule has 4 heteroatoms. The SMILES string of the molecule is CCc1ccc(CN(Cc2ccccc2OC)C(=O)[C@@H]2CC[C@H](N)C2)cc1. The number of rotatable bonds is 7. The van der Waals surface area contributed by atoms with Gasteiger partial charge in [0.15, 0.2) is 0 Å². The number of hydrogen-bond acceptors (Lipinski definition) is 3. The highest BCUT2D eigenvalue weighted by molar-refractivity contribution is 5.79. The Morgan fingerprint density at radius 1 is 1.07 bits per heavy atom. The van der Waals surface area contributed by atoms with Crippen molar-refractivity contribution in [3.63, 3.8) is 0 Å². The minimum absolute atomic E-state index is 0.0321. The molecule has 2 N–H and O–H groups in total. The monoisotopic (exact) mass is 366 g/mol. The van der Waals surface area contributed by atoms with Crippen LogP contribution in [0.5, 0.6) is 5.75 Å². The van der Waals surface area contributed by atoms with E-state index in [4.69, 9.17) is 10.5 Å². The summed E-state index contributed by atoms with van der Waals surface area (Å²) in [5.41, 5.74) is 9.54. The van der Waals surface area contributed by atoms with Gasteiger partial charge in [0.05, 0.1) is 7.11 Å². The van der Waals surface area contributed by atoms with Gasteiger partial charge in [-0.3, -0.25) is 4.79 Å². The second kappa shape index (κ2) is 9.05. The highest BCUT2D eigenvalue weighted by Gasteiger charge is 2.31. The lowest BCUT2D eigenvalue weighted by Crippen LogP contribution is -2.35. The van der Waals surface area contributed by atoms with Gasteiger partial charge in [-0.05, 0) is 42.9 Å². The van der Waals surface area contributed by atoms with Crippen LogP contribution in [0.2, 0.25) is 0 Å². The molecule has 1 aliphatic rings. The summed E-state index contributed by atoms with van der Waals surface area (Å²) in [6.07, 6.45) is 3.63. The molecule has 0 radical (unpaired) electrons. The number of hydrogen-bond donors (Lipinski definition) is 1. The number of ether oxygens (including phenoxy) is 1. The third-order valence-corrected chi connectivity index (χ3v) is 5.49. The molecule has 0 unspecified atom stereocenters. The first-order valence-electron chi connectivity index (χ1n) is 9.84. The average Bonchev–Trinajstić information content (AvgIpc) is 3.14. The zero-order valence-electron chi connectivity index (χ0n) is 16.4. The molecule has 0 saturated heterocycles. The molecule has 0 spiro atoms. The first-order valence-corrected chi connectivity index (χ1v) is 9.84. The van der Waals surface area contributed by atoms with Gasteiger partial charge >= 0.3 is 0 Å². The van der Waals surface area contributed by atoms with Crippen LogP contribution in [0.15, 0.2) is 48.5 Å². The van der Waals surface area contributed by atoms with Crippen LogP contribution >= 0.6 is 0 Å². The summed E-state index contributed by atoms with van der Waals surface area (Å²) in [4.78, 5) is 15.2. The number of carbonyl (C=O) groups is 1. The number of para-hydroxylation sites is 1. The number of amides is 1. The molecule has 4 nitrogen and oxygen atoms in total. The summed E-state index contributed by atoms with van der Waals surface area (Å²) in [5, 5.41) is 0. The quantitative estimate of drug-likeness (QED) is 0.808. The number of nitrogens with two attached hydrogens (primary N) is 1. The summed E-state index contributed by atoms with van der Waals surface area (Å²) in [5.74, 6) is 1.05. The van der Waals surface area contributed by atoms with Crippen LogP contribution in [-0.4, -0.2) is 24.0 Å². The topological polar surface area (TPSA) is 55.6 Å². The van der Waals surface area contributed by atoms with E-state index in [1.807, 2.05) is 29.2 Å². The Balaban J connectivity index is 1.82. The van der Waals surface area contributed by atoms with Gasteiger partial charge in [-0.1, -0.05) is 49.4 Å². The van der Waals surface area contributed by atoms with Gasteiger partial charge in [0.2, 0.25) is 5.91 Å². The molecule has 144 valence electrons. The first-order chi connectivity index (χ1) is 13.1. The maximum absolute atomic E-state index is 13.3. The van der Waals surface area contributed by atoms with Crippen LogP contribution in [0.1, 0.15) is 42.9 Å². The van der Waals surface area contributed by atoms with E-state index in [0.29, 0.717) is 13.1 Å². The Hall–Kier alpha value is -2.33. The molecule has 2 aromatic carbocycles. The van der Waals surface area contributed by atoms with E-state index in [-0.39, 0.29) is 17.9 Å². The highest BCUT2D eigenvalue weighted by atomic mass is 16.5. The fourth-order valence-corrected chi connectivity index (χ4v) is 3.85. The fraction of sp³-hybridized carbons (Fsp3) is 0.435. The summed E-state index contributed by atoms with van der Waals surface area (Å²) >= 11 is 0. The van der Waals surface area contributed by atoms with Crippen molar-refractivity contribution in [2.45, 2.75) is 51.7 Å². The molecule has 27 heavy (non-hydrogen) atoms. The first kappa shape index (κ1) is 19.4. The minimum Gasteiger partial charge on any atom is -0.496 e. The molecule has 0 aromatic heterocycles. The van der Waals surface area contributed by atoms with E-state index < -0.39 is 0 Å². The Labute approximate surface area is 162 Å². The molecule has 2 atom stereocenters. The van der Waals surface area contributed by atoms with Gasteiger partial charge in [-0.25, -0.2) is 0 Å². The molecule has 3 rings (SSSR count). The number of nitrogens with zero attached hydrogens (tertiary/aromatic N) is 1. The zero-order valence-corrected chi connectivity index (χ0v) is 16.4. The molecule has 1 saturated carbocycles. The van der Waals surface area contributed by atoms with Crippen LogP contribution in [0, 0.1) is 5.92 Å². The molecule has 1 amide bonds. The van der Waals surface area contributed by atoms with E-state index >= 15 is 0 Å². The van der Waals surface area contributed by atoms with Gasteiger partial charge in [0, 0.05) is 30.6 Å². The standard InChI is InChI=1S/C23H30N2O2/c1-3-17-8-10-18(11-9-17)15-25(23(26)19-12-13-21(24)14-19)16-20-6-4-5-7-22(20)27-2/h4-11,19,21H,3,12-16,24H2,1-2H3/t19-,21+/m1/s1. The second-order valence-electron chi connectivity index (χ2n) is 7.45. The van der Waals surface area contributed by atoms with Crippen molar-refractivity contribution in [3.05, 3.63) is 65.2 Å². The minimum atomic E-state index is 0.0321. The molecule has 1 aliphatic carbocycles. The number of methoxy groups -OCH3 is 1. The third-order valence-electron chi connectivity index (χ3n) is 5.49. The van der Waals surface area contributed by atoms with Gasteiger partial charge in [-0.15, -0.1) is 0 Å². The van der Waals surface area contributed by atoms with Crippen LogP contribution in [0.25, 0.3) is 0 Å². The van der Waals surface area contributed by atoms with E-state index in [1.54, 1.807) is 7.11 Å². The lowest BCUT2D eigenvalue weighted by atomic mass is 10.0. The molecular formula is C23H30N2O2. The third kappa shape index (κ3) is 4.89. The van der Waals surface area contributed by atoms with Gasteiger partial charge < -0.3 is 15.4 Å². The van der Waals surface area contributed by atoms with Crippen molar-refractivity contribution in [2.24, 2.45) is 11.7 Å². The van der Waals surface area contributed by atoms with Crippen LogP contribution < -0.4 is 10.5 Å². The molecule has 1 fully saturated rings. The van der Waals surface area contributed by atoms with Crippen LogP contribution in [0.4, 0.5) is 0 Å². The normalized spacial score (nSPS) is 19.1. The summed E-state index contributed by atoms with van der Waals surface area (Å²) in [6.45, 7) is 3.30. The van der Waals surface area contributed by atoms with Crippen molar-refractivity contribution < 1.29 is 9.53 Å². The van der Waals surface area contributed by atoms with Crippen LogP contribution in [-0.2, 0) is 24.3 Å². The highest BCUT2D eigenvalue weighted by Crippen LogP contribution is 2.28. The van der Waals surface area contributed by atoms with E-state index in [2.05, 4.69) is 31.2 Å². The predicted molar refractivity (Wildman–Crippen MR) is 108 cm³/mol. The smallest absolute Gasteiger partial charge is 0.226 e. The van der Waals surface area contributed by atoms with Crippen LogP contribution in [0.3, 0.4) is 0 Å². The Bertz CT molecular complexity index is 757. The summed E-state index contributed by atoms with van der Waals surface area (Å²) in [7, 11) is 1.67. The largest absolute Gasteiger partial charge is 0.496 e. The average molecular weight is 367 g/mol. The summed E-state index contributed by atoms with van der Waals surface area (Å²) < 4.78 is 5.49. The van der Waals surface area contributed by atoms with Crippen molar-refractivity contribution in [1.29, 1.82) is 0 Å². The number of benzene rings is 2. The lowest BCUT2D eigenvalue weighted by Gasteiger charge is -2.27. The Kier molecular flexibility index (Phi) is 6.51. The Morgan fingerprint density at radius 3 is 2.41 bits per heavy atom. The molecule has 0 aliphatic heterocycles. The fourth-order valence-electron chi connectivity index (χ4n) is 3.85. The molecule has 2 aromatic rings. The van der Waals surface area contributed by atoms with Gasteiger partial charge in [-0.2, -0.15) is 0 Å². The second-order valence-corrected chi connectivity index (χ2v) is 7.45. The molecular weight excluding hydrogens is 336 g/mol. The van der Waals surface area contributed by atoms with Crippen molar-refractivity contribution >= 4 is 5.91 Å².